The molecule has 0 aromatic rings. The van der Waals surface area contributed by atoms with Crippen LogP contribution in [0.2, 0.25) is 0 Å². The second kappa shape index (κ2) is 7.68. The number of carboxylic acid groups (broad SMARTS) is 1. The lowest BCUT2D eigenvalue weighted by Gasteiger charge is -2.35. The molecule has 1 aliphatic heterocycles. The van der Waals surface area contributed by atoms with Crippen LogP contribution < -0.4 is 0 Å². The van der Waals surface area contributed by atoms with Crippen LogP contribution in [-0.2, 0) is 4.79 Å². The van der Waals surface area contributed by atoms with Crippen molar-refractivity contribution in [3.8, 4) is 0 Å². The molecule has 1 heterocycles. The van der Waals surface area contributed by atoms with Gasteiger partial charge in [-0.3, -0.25) is 9.69 Å². The van der Waals surface area contributed by atoms with Gasteiger partial charge in [0.05, 0.1) is 25.2 Å². The Bertz CT molecular complexity index is 247. The highest BCUT2D eigenvalue weighted by Crippen LogP contribution is 2.32. The lowest BCUT2D eigenvalue weighted by atomic mass is 9.83. The van der Waals surface area contributed by atoms with Gasteiger partial charge in [-0.2, -0.15) is 0 Å². The zero-order valence-electron chi connectivity index (χ0n) is 11.3. The third-order valence-electron chi connectivity index (χ3n) is 3.54. The first-order valence-electron chi connectivity index (χ1n) is 6.18. The molecule has 1 saturated heterocycles. The number of hydrogen-bond donors (Lipinski definition) is 4. The molecule has 0 aliphatic carbocycles. The van der Waals surface area contributed by atoms with Crippen LogP contribution in [0.25, 0.3) is 0 Å². The summed E-state index contributed by atoms with van der Waals surface area (Å²) in [6.07, 6.45) is 0.222. The highest BCUT2D eigenvalue weighted by molar-refractivity contribution is 5.66. The molecule has 108 valence electrons. The van der Waals surface area contributed by atoms with Crippen molar-refractivity contribution in [3.05, 3.63) is 0 Å². The molecule has 0 spiro atoms. The highest BCUT2D eigenvalue weighted by Gasteiger charge is 2.45. The number of nitrogens with zero attached hydrogens (tertiary/aromatic N) is 1. The molecule has 3 atom stereocenters. The van der Waals surface area contributed by atoms with Gasteiger partial charge in [-0.05, 0) is 13.8 Å². The van der Waals surface area contributed by atoms with Crippen LogP contribution in [0, 0.1) is 5.41 Å². The van der Waals surface area contributed by atoms with E-state index < -0.39 is 11.4 Å². The van der Waals surface area contributed by atoms with E-state index in [1.807, 2.05) is 6.92 Å². The summed E-state index contributed by atoms with van der Waals surface area (Å²) in [6, 6.07) is 0.543. The smallest absolute Gasteiger partial charge is 0.303 e. The number of aliphatic carboxylic acids is 1. The summed E-state index contributed by atoms with van der Waals surface area (Å²) in [5.41, 5.74) is -0.759. The molecule has 4 N–H and O–H groups in total. The molecular formula is C12H25NO5. The molecule has 1 fully saturated rings. The topological polar surface area (TPSA) is 101 Å². The average Bonchev–Trinajstić information content (AvgIpc) is 3.09. The monoisotopic (exact) mass is 263 g/mol. The third-order valence-corrected chi connectivity index (χ3v) is 3.54. The molecule has 0 bridgehead atoms. The Morgan fingerprint density at radius 2 is 1.67 bits per heavy atom. The normalized spacial score (nSPS) is 23.9. The second-order valence-corrected chi connectivity index (χ2v) is 4.81. The zero-order valence-corrected chi connectivity index (χ0v) is 11.3. The van der Waals surface area contributed by atoms with E-state index in [1.165, 1.54) is 0 Å². The van der Waals surface area contributed by atoms with E-state index in [0.717, 1.165) is 6.54 Å². The van der Waals surface area contributed by atoms with Crippen molar-refractivity contribution in [2.45, 2.75) is 39.3 Å². The molecule has 6 heteroatoms. The lowest BCUT2D eigenvalue weighted by molar-refractivity contribution is -0.136. The minimum Gasteiger partial charge on any atom is -0.481 e. The fourth-order valence-corrected chi connectivity index (χ4v) is 1.70. The van der Waals surface area contributed by atoms with Gasteiger partial charge < -0.3 is 20.4 Å². The fourth-order valence-electron chi connectivity index (χ4n) is 1.70. The molecule has 3 unspecified atom stereocenters. The van der Waals surface area contributed by atoms with Gasteiger partial charge in [-0.1, -0.05) is 6.92 Å². The first-order valence-corrected chi connectivity index (χ1v) is 6.18. The van der Waals surface area contributed by atoms with Crippen molar-refractivity contribution < 1.29 is 25.2 Å². The number of aliphatic hydroxyl groups excluding tert-OH is 3. The Morgan fingerprint density at radius 3 is 1.83 bits per heavy atom. The minimum atomic E-state index is -0.759. The Hall–Kier alpha value is -0.690. The quantitative estimate of drug-likeness (QED) is 0.483. The number of hydrogen-bond acceptors (Lipinski definition) is 5. The maximum Gasteiger partial charge on any atom is 0.303 e. The van der Waals surface area contributed by atoms with E-state index in [2.05, 4.69) is 11.8 Å². The van der Waals surface area contributed by atoms with Gasteiger partial charge in [0.15, 0.2) is 0 Å². The van der Waals surface area contributed by atoms with Crippen molar-refractivity contribution in [2.75, 3.05) is 26.4 Å². The van der Waals surface area contributed by atoms with Crippen LogP contribution >= 0.6 is 0 Å². The van der Waals surface area contributed by atoms with E-state index in [9.17, 15) is 4.79 Å². The van der Waals surface area contributed by atoms with Crippen LogP contribution in [0.5, 0.6) is 0 Å². The largest absolute Gasteiger partial charge is 0.481 e. The molecule has 18 heavy (non-hydrogen) atoms. The third kappa shape index (κ3) is 4.53. The van der Waals surface area contributed by atoms with Gasteiger partial charge in [0.25, 0.3) is 0 Å². The van der Waals surface area contributed by atoms with Crippen molar-refractivity contribution >= 4 is 5.97 Å². The molecule has 0 saturated carbocycles. The zero-order chi connectivity index (χ0) is 14.3. The van der Waals surface area contributed by atoms with Crippen LogP contribution in [0.3, 0.4) is 0 Å². The summed E-state index contributed by atoms with van der Waals surface area (Å²) in [4.78, 5) is 11.5. The Balaban J connectivity index is 0.000000494. The summed E-state index contributed by atoms with van der Waals surface area (Å²) in [7, 11) is 0. The molecule has 0 aromatic carbocycles. The average molecular weight is 263 g/mol. The van der Waals surface area contributed by atoms with Crippen LogP contribution in [0.4, 0.5) is 0 Å². The van der Waals surface area contributed by atoms with Crippen molar-refractivity contribution in [1.82, 2.24) is 4.90 Å². The van der Waals surface area contributed by atoms with E-state index in [-0.39, 0.29) is 32.3 Å². The molecule has 6 nitrogen and oxygen atoms in total. The van der Waals surface area contributed by atoms with Crippen LogP contribution in [0.1, 0.15) is 27.2 Å². The van der Waals surface area contributed by atoms with Gasteiger partial charge in [-0.25, -0.2) is 0 Å². The lowest BCUT2D eigenvalue weighted by Crippen LogP contribution is -2.47. The van der Waals surface area contributed by atoms with Crippen LogP contribution in [-0.4, -0.2) is 69.7 Å². The standard InChI is InChI=1S/C9H19NO3.C3H6O2/c1-7-3-10(7)8(2)9(4-11,5-12)6-13;1-2-3(4)5/h7-8,11-13H,3-6H2,1-2H3;2H2,1H3,(H,4,5). The number of rotatable bonds is 6. The summed E-state index contributed by atoms with van der Waals surface area (Å²) in [5, 5.41) is 35.2. The van der Waals surface area contributed by atoms with Crippen molar-refractivity contribution in [3.63, 3.8) is 0 Å². The second-order valence-electron chi connectivity index (χ2n) is 4.81. The Kier molecular flexibility index (Phi) is 7.39. The maximum absolute atomic E-state index is 9.37. The van der Waals surface area contributed by atoms with Crippen molar-refractivity contribution in [2.24, 2.45) is 5.41 Å². The summed E-state index contributed by atoms with van der Waals surface area (Å²) in [6.45, 7) is 6.09. The molecule has 0 radical (unpaired) electrons. The van der Waals surface area contributed by atoms with Gasteiger partial charge in [0.2, 0.25) is 0 Å². The SMILES string of the molecule is CC1CN1C(C)C(CO)(CO)CO.CCC(=O)O. The van der Waals surface area contributed by atoms with Gasteiger partial charge in [-0.15, -0.1) is 0 Å². The molecule has 0 aromatic heterocycles. The predicted molar refractivity (Wildman–Crippen MR) is 67.2 cm³/mol. The maximum atomic E-state index is 9.37. The molecule has 0 amide bonds. The fraction of sp³-hybridized carbons (Fsp3) is 0.917. The Morgan fingerprint density at radius 1 is 1.33 bits per heavy atom. The van der Waals surface area contributed by atoms with Gasteiger partial charge >= 0.3 is 5.97 Å². The summed E-state index contributed by atoms with van der Waals surface area (Å²) >= 11 is 0. The molecule has 1 aliphatic rings. The first kappa shape index (κ1) is 17.3. The van der Waals surface area contributed by atoms with Crippen LogP contribution in [0.15, 0.2) is 0 Å². The summed E-state index contributed by atoms with van der Waals surface area (Å²) in [5.74, 6) is -0.745. The number of carbonyl (C=O) groups is 1. The van der Waals surface area contributed by atoms with E-state index in [1.54, 1.807) is 6.92 Å². The minimum absolute atomic E-state index is 0.0301. The number of aliphatic hydroxyl groups is 3. The Labute approximate surface area is 108 Å². The van der Waals surface area contributed by atoms with Crippen molar-refractivity contribution in [1.29, 1.82) is 0 Å². The van der Waals surface area contributed by atoms with E-state index >= 15 is 0 Å². The first-order chi connectivity index (χ1) is 8.38. The predicted octanol–water partition coefficient (Wildman–Crippen LogP) is -0.477. The molecule has 1 rings (SSSR count). The molecular weight excluding hydrogens is 238 g/mol. The highest BCUT2D eigenvalue weighted by atomic mass is 16.4. The summed E-state index contributed by atoms with van der Waals surface area (Å²) < 4.78 is 0. The van der Waals surface area contributed by atoms with Gasteiger partial charge in [0.1, 0.15) is 0 Å². The number of carboxylic acids is 1. The van der Waals surface area contributed by atoms with E-state index in [4.69, 9.17) is 20.4 Å². The van der Waals surface area contributed by atoms with Gasteiger partial charge in [0, 0.05) is 25.0 Å². The van der Waals surface area contributed by atoms with E-state index in [0.29, 0.717) is 6.04 Å².